The first-order valence-electron chi connectivity index (χ1n) is 3.49. The van der Waals surface area contributed by atoms with Crippen LogP contribution in [0.15, 0.2) is 18.5 Å². The van der Waals surface area contributed by atoms with Gasteiger partial charge in [-0.05, 0) is 4.92 Å². The summed E-state index contributed by atoms with van der Waals surface area (Å²) < 4.78 is 1.36. The molecule has 0 aromatic carbocycles. The van der Waals surface area contributed by atoms with Crippen molar-refractivity contribution < 1.29 is 4.92 Å². The van der Waals surface area contributed by atoms with Crippen LogP contribution >= 0.6 is 11.6 Å². The molecule has 0 bridgehead atoms. The highest BCUT2D eigenvalue weighted by molar-refractivity contribution is 6.18. The molecule has 1 rings (SSSR count). The van der Waals surface area contributed by atoms with Crippen molar-refractivity contribution in [2.75, 3.05) is 5.88 Å². The number of hydrogen-bond acceptors (Lipinski definition) is 4. The fourth-order valence-corrected chi connectivity index (χ4v) is 0.828. The molecule has 13 heavy (non-hydrogen) atoms. The normalized spacial score (nSPS) is 10.8. The minimum atomic E-state index is -0.637. The lowest BCUT2D eigenvalue weighted by Gasteiger charge is -1.86. The van der Waals surface area contributed by atoms with Crippen molar-refractivity contribution in [3.63, 3.8) is 0 Å². The third kappa shape index (κ3) is 2.83. The molecule has 70 valence electrons. The van der Waals surface area contributed by atoms with Crippen LogP contribution in [0.2, 0.25) is 0 Å². The molecule has 0 spiro atoms. The van der Waals surface area contributed by atoms with Crippen LogP contribution in [0, 0.1) is 10.1 Å². The Labute approximate surface area is 79.0 Å². The standard InChI is InChI=1S/C6H7ClN4O2/c7-3-1-2-4-10-5-8-6(9-10)11(12)13/h1-2,5H,3-4H2. The number of nitro groups is 1. The van der Waals surface area contributed by atoms with Gasteiger partial charge in [-0.2, -0.15) is 4.68 Å². The number of allylic oxidation sites excluding steroid dienone is 2. The number of hydrogen-bond donors (Lipinski definition) is 0. The van der Waals surface area contributed by atoms with E-state index in [-0.39, 0.29) is 5.95 Å². The maximum absolute atomic E-state index is 10.2. The number of halogens is 1. The van der Waals surface area contributed by atoms with Gasteiger partial charge in [-0.15, -0.1) is 11.6 Å². The number of rotatable bonds is 4. The largest absolute Gasteiger partial charge is 0.490 e. The van der Waals surface area contributed by atoms with Crippen LogP contribution in [-0.2, 0) is 6.54 Å². The molecule has 0 saturated heterocycles. The topological polar surface area (TPSA) is 73.8 Å². The van der Waals surface area contributed by atoms with Crippen LogP contribution in [0.5, 0.6) is 0 Å². The average Bonchev–Trinajstić information content (AvgIpc) is 2.53. The molecule has 0 radical (unpaired) electrons. The molecule has 0 aliphatic carbocycles. The van der Waals surface area contributed by atoms with Crippen molar-refractivity contribution >= 4 is 17.5 Å². The van der Waals surface area contributed by atoms with Crippen LogP contribution < -0.4 is 0 Å². The van der Waals surface area contributed by atoms with Gasteiger partial charge in [0.2, 0.25) is 6.33 Å². The quantitative estimate of drug-likeness (QED) is 0.316. The molecule has 0 amide bonds. The summed E-state index contributed by atoms with van der Waals surface area (Å²) in [5, 5.41) is 13.8. The predicted octanol–water partition coefficient (Wildman–Crippen LogP) is 0.981. The zero-order chi connectivity index (χ0) is 9.68. The summed E-state index contributed by atoms with van der Waals surface area (Å²) in [6.07, 6.45) is 4.79. The maximum Gasteiger partial charge on any atom is 0.490 e. The first kappa shape index (κ1) is 9.66. The van der Waals surface area contributed by atoms with Crippen LogP contribution in [0.1, 0.15) is 0 Å². The summed E-state index contributed by atoms with van der Waals surface area (Å²) in [4.78, 5) is 13.0. The van der Waals surface area contributed by atoms with Gasteiger partial charge in [0, 0.05) is 11.0 Å². The molecule has 0 unspecified atom stereocenters. The second kappa shape index (κ2) is 4.56. The zero-order valence-electron chi connectivity index (χ0n) is 6.63. The smallest absolute Gasteiger partial charge is 0.390 e. The van der Waals surface area contributed by atoms with E-state index in [0.717, 1.165) is 0 Å². The number of alkyl halides is 1. The lowest BCUT2D eigenvalue weighted by Crippen LogP contribution is -1.97. The van der Waals surface area contributed by atoms with Crippen molar-refractivity contribution in [3.8, 4) is 0 Å². The van der Waals surface area contributed by atoms with E-state index in [1.54, 1.807) is 12.2 Å². The monoisotopic (exact) mass is 202 g/mol. The van der Waals surface area contributed by atoms with Crippen LogP contribution in [0.25, 0.3) is 0 Å². The van der Waals surface area contributed by atoms with E-state index < -0.39 is 4.92 Å². The van der Waals surface area contributed by atoms with E-state index in [9.17, 15) is 10.1 Å². The second-order valence-corrected chi connectivity index (χ2v) is 2.46. The highest BCUT2D eigenvalue weighted by Crippen LogP contribution is 1.99. The number of nitrogens with zero attached hydrogens (tertiary/aromatic N) is 4. The third-order valence-corrected chi connectivity index (χ3v) is 1.41. The summed E-state index contributed by atoms with van der Waals surface area (Å²) in [5.74, 6) is 0.0239. The first-order valence-corrected chi connectivity index (χ1v) is 4.02. The molecular weight excluding hydrogens is 196 g/mol. The summed E-state index contributed by atoms with van der Waals surface area (Å²) in [7, 11) is 0. The number of aromatic nitrogens is 3. The highest BCUT2D eigenvalue weighted by Gasteiger charge is 2.11. The SMILES string of the molecule is O=[N+]([O-])c1ncn(CC=CCCl)n1. The maximum atomic E-state index is 10.2. The third-order valence-electron chi connectivity index (χ3n) is 1.24. The van der Waals surface area contributed by atoms with Crippen LogP contribution in [0.3, 0.4) is 0 Å². The Kier molecular flexibility index (Phi) is 3.39. The van der Waals surface area contributed by atoms with E-state index in [0.29, 0.717) is 12.4 Å². The Balaban J connectivity index is 2.59. The molecule has 0 atom stereocenters. The first-order chi connectivity index (χ1) is 6.24. The molecule has 0 saturated carbocycles. The highest BCUT2D eigenvalue weighted by atomic mass is 35.5. The summed E-state index contributed by atoms with van der Waals surface area (Å²) in [6, 6.07) is 0. The molecular formula is C6H7ClN4O2. The van der Waals surface area contributed by atoms with Crippen molar-refractivity contribution in [3.05, 3.63) is 28.6 Å². The minimum absolute atomic E-state index is 0.390. The molecule has 0 aliphatic heterocycles. The van der Waals surface area contributed by atoms with E-state index >= 15 is 0 Å². The molecule has 7 heteroatoms. The Bertz CT molecular complexity index is 322. The average molecular weight is 203 g/mol. The van der Waals surface area contributed by atoms with Crippen molar-refractivity contribution in [1.82, 2.24) is 14.8 Å². The van der Waals surface area contributed by atoms with Gasteiger partial charge >= 0.3 is 5.95 Å². The van der Waals surface area contributed by atoms with Crippen molar-refractivity contribution in [1.29, 1.82) is 0 Å². The Hall–Kier alpha value is -1.43. The van der Waals surface area contributed by atoms with Gasteiger partial charge in [-0.3, -0.25) is 0 Å². The molecule has 1 aromatic rings. The van der Waals surface area contributed by atoms with Gasteiger partial charge in [0.05, 0.1) is 6.54 Å². The molecule has 6 nitrogen and oxygen atoms in total. The fraction of sp³-hybridized carbons (Fsp3) is 0.333. The molecule has 0 aliphatic rings. The Morgan fingerprint density at radius 1 is 1.69 bits per heavy atom. The second-order valence-electron chi connectivity index (χ2n) is 2.15. The van der Waals surface area contributed by atoms with Gasteiger partial charge in [-0.25, -0.2) is 0 Å². The van der Waals surface area contributed by atoms with Gasteiger partial charge in [-0.1, -0.05) is 17.1 Å². The van der Waals surface area contributed by atoms with Crippen LogP contribution in [-0.4, -0.2) is 25.6 Å². The molecule has 1 aromatic heterocycles. The van der Waals surface area contributed by atoms with E-state index in [2.05, 4.69) is 10.1 Å². The van der Waals surface area contributed by atoms with Gasteiger partial charge in [0.25, 0.3) is 0 Å². The van der Waals surface area contributed by atoms with Crippen molar-refractivity contribution in [2.24, 2.45) is 0 Å². The van der Waals surface area contributed by atoms with E-state index in [1.807, 2.05) is 0 Å². The van der Waals surface area contributed by atoms with Crippen molar-refractivity contribution in [2.45, 2.75) is 6.54 Å². The molecule has 0 N–H and O–H groups in total. The predicted molar refractivity (Wildman–Crippen MR) is 46.5 cm³/mol. The molecule has 1 heterocycles. The zero-order valence-corrected chi connectivity index (χ0v) is 7.39. The minimum Gasteiger partial charge on any atom is -0.390 e. The van der Waals surface area contributed by atoms with E-state index in [1.165, 1.54) is 11.0 Å². The molecule has 0 fully saturated rings. The van der Waals surface area contributed by atoms with E-state index in [4.69, 9.17) is 11.6 Å². The van der Waals surface area contributed by atoms with Gasteiger partial charge in [0.15, 0.2) is 0 Å². The Morgan fingerprint density at radius 3 is 3.00 bits per heavy atom. The summed E-state index contributed by atoms with van der Waals surface area (Å²) in [6.45, 7) is 0.438. The van der Waals surface area contributed by atoms with Gasteiger partial charge < -0.3 is 10.1 Å². The summed E-state index contributed by atoms with van der Waals surface area (Å²) in [5.41, 5.74) is 0. The summed E-state index contributed by atoms with van der Waals surface area (Å²) >= 11 is 5.38. The lowest BCUT2D eigenvalue weighted by atomic mass is 10.5. The van der Waals surface area contributed by atoms with Gasteiger partial charge in [0.1, 0.15) is 0 Å². The van der Waals surface area contributed by atoms with Crippen LogP contribution in [0.4, 0.5) is 5.95 Å². The lowest BCUT2D eigenvalue weighted by molar-refractivity contribution is -0.394. The fourth-order valence-electron chi connectivity index (χ4n) is 0.702. The Morgan fingerprint density at radius 2 is 2.46 bits per heavy atom.